The Kier molecular flexibility index (Phi) is 3.31. The van der Waals surface area contributed by atoms with E-state index in [4.69, 9.17) is 20.5 Å². The topological polar surface area (TPSA) is 111 Å². The predicted molar refractivity (Wildman–Crippen MR) is 69.6 cm³/mol. The van der Waals surface area contributed by atoms with E-state index in [-0.39, 0.29) is 34.4 Å². The van der Waals surface area contributed by atoms with Crippen LogP contribution in [0.5, 0.6) is 11.5 Å². The first-order valence-corrected chi connectivity index (χ1v) is 5.43. The van der Waals surface area contributed by atoms with Gasteiger partial charge in [-0.05, 0) is 12.1 Å². The van der Waals surface area contributed by atoms with Gasteiger partial charge in [0.2, 0.25) is 6.79 Å². The van der Waals surface area contributed by atoms with Crippen molar-refractivity contribution in [1.29, 1.82) is 5.26 Å². The molecule has 1 aliphatic heterocycles. The monoisotopic (exact) mass is 277 g/mol. The van der Waals surface area contributed by atoms with Crippen LogP contribution < -0.4 is 15.2 Å². The lowest BCUT2D eigenvalue weighted by Crippen LogP contribution is -2.09. The number of nitrogens with two attached hydrogens (primary N) is 1. The van der Waals surface area contributed by atoms with Gasteiger partial charge in [-0.25, -0.2) is 0 Å². The van der Waals surface area contributed by atoms with Gasteiger partial charge in [-0.2, -0.15) is 5.26 Å². The third-order valence-electron chi connectivity index (χ3n) is 2.40. The number of benzene rings is 1. The highest BCUT2D eigenvalue weighted by Crippen LogP contribution is 2.38. The molecule has 19 heavy (non-hydrogen) atoms. The second-order valence-electron chi connectivity index (χ2n) is 3.56. The van der Waals surface area contributed by atoms with Gasteiger partial charge in [-0.3, -0.25) is 10.1 Å². The molecule has 1 aromatic rings. The van der Waals surface area contributed by atoms with Crippen molar-refractivity contribution < 1.29 is 14.4 Å². The summed E-state index contributed by atoms with van der Waals surface area (Å²) >= 11 is 4.68. The summed E-state index contributed by atoms with van der Waals surface area (Å²) in [6.45, 7) is 0.0000628. The maximum Gasteiger partial charge on any atom is 0.280 e. The molecular weight excluding hydrogens is 270 g/mol. The van der Waals surface area contributed by atoms with Crippen molar-refractivity contribution in [3.63, 3.8) is 0 Å². The third-order valence-corrected chi connectivity index (χ3v) is 2.62. The quantitative estimate of drug-likeness (QED) is 0.293. The van der Waals surface area contributed by atoms with Crippen LogP contribution in [0.3, 0.4) is 0 Å². The van der Waals surface area contributed by atoms with Crippen LogP contribution in [0.1, 0.15) is 5.56 Å². The summed E-state index contributed by atoms with van der Waals surface area (Å²) in [4.78, 5) is 10.3. The summed E-state index contributed by atoms with van der Waals surface area (Å²) in [5.74, 6) is 0.662. The molecule has 96 valence electrons. The van der Waals surface area contributed by atoms with Crippen molar-refractivity contribution in [2.24, 2.45) is 5.73 Å². The summed E-state index contributed by atoms with van der Waals surface area (Å²) in [6.07, 6.45) is 1.25. The Hall–Kier alpha value is -2.66. The molecular formula is C11H7N3O4S. The van der Waals surface area contributed by atoms with Crippen molar-refractivity contribution in [1.82, 2.24) is 0 Å². The van der Waals surface area contributed by atoms with Crippen LogP contribution in [0.2, 0.25) is 0 Å². The van der Waals surface area contributed by atoms with Crippen molar-refractivity contribution >= 4 is 29.0 Å². The molecule has 0 aliphatic carbocycles. The van der Waals surface area contributed by atoms with Crippen molar-refractivity contribution in [3.05, 3.63) is 33.4 Å². The van der Waals surface area contributed by atoms with Gasteiger partial charge in [0.15, 0.2) is 11.5 Å². The Labute approximate surface area is 113 Å². The second-order valence-corrected chi connectivity index (χ2v) is 4.00. The first kappa shape index (κ1) is 12.8. The molecule has 8 heteroatoms. The van der Waals surface area contributed by atoms with Gasteiger partial charge in [0.05, 0.1) is 22.1 Å². The van der Waals surface area contributed by atoms with Crippen molar-refractivity contribution in [2.45, 2.75) is 0 Å². The fourth-order valence-corrected chi connectivity index (χ4v) is 1.64. The number of hydrogen-bond acceptors (Lipinski definition) is 6. The largest absolute Gasteiger partial charge is 0.454 e. The van der Waals surface area contributed by atoms with Crippen LogP contribution >= 0.6 is 12.2 Å². The molecule has 1 heterocycles. The Bertz CT molecular complexity index is 648. The number of fused-ring (bicyclic) bond motifs is 1. The SMILES string of the molecule is N#CC(=Cc1cc2c(cc1[N+](=O)[O-])OCO2)C(N)=S. The maximum absolute atomic E-state index is 11.0. The summed E-state index contributed by atoms with van der Waals surface area (Å²) in [6, 6.07) is 4.44. The molecule has 1 aliphatic rings. The Morgan fingerprint density at radius 2 is 2.16 bits per heavy atom. The molecule has 0 saturated carbocycles. The Morgan fingerprint density at radius 1 is 1.53 bits per heavy atom. The molecule has 0 saturated heterocycles. The van der Waals surface area contributed by atoms with E-state index in [9.17, 15) is 10.1 Å². The number of nitrogens with zero attached hydrogens (tertiary/aromatic N) is 2. The zero-order valence-electron chi connectivity index (χ0n) is 9.45. The standard InChI is InChI=1S/C11H7N3O4S/c12-4-7(11(13)19)1-6-2-9-10(18-5-17-9)3-8(6)14(15)16/h1-3H,5H2,(H2,13,19). The molecule has 2 rings (SSSR count). The average Bonchev–Trinajstić information content (AvgIpc) is 2.81. The number of nitriles is 1. The smallest absolute Gasteiger partial charge is 0.280 e. The van der Waals surface area contributed by atoms with Gasteiger partial charge >= 0.3 is 0 Å². The number of nitro groups is 1. The van der Waals surface area contributed by atoms with E-state index in [0.29, 0.717) is 5.75 Å². The minimum absolute atomic E-state index is 0.0000628. The van der Waals surface area contributed by atoms with E-state index >= 15 is 0 Å². The van der Waals surface area contributed by atoms with E-state index < -0.39 is 4.92 Å². The zero-order valence-corrected chi connectivity index (χ0v) is 10.3. The van der Waals surface area contributed by atoms with Crippen LogP contribution in [0.4, 0.5) is 5.69 Å². The number of ether oxygens (including phenoxy) is 2. The zero-order chi connectivity index (χ0) is 14.0. The lowest BCUT2D eigenvalue weighted by molar-refractivity contribution is -0.385. The van der Waals surface area contributed by atoms with Gasteiger partial charge in [0.1, 0.15) is 11.1 Å². The number of rotatable bonds is 3. The molecule has 7 nitrogen and oxygen atoms in total. The fraction of sp³-hybridized carbons (Fsp3) is 0.0909. The van der Waals surface area contributed by atoms with Gasteiger partial charge < -0.3 is 15.2 Å². The van der Waals surface area contributed by atoms with Crippen LogP contribution in [0.25, 0.3) is 6.08 Å². The molecule has 2 N–H and O–H groups in total. The average molecular weight is 277 g/mol. The van der Waals surface area contributed by atoms with Crippen LogP contribution in [0, 0.1) is 21.4 Å². The minimum Gasteiger partial charge on any atom is -0.454 e. The molecule has 1 aromatic carbocycles. The molecule has 0 unspecified atom stereocenters. The van der Waals surface area contributed by atoms with Crippen LogP contribution in [-0.2, 0) is 0 Å². The summed E-state index contributed by atoms with van der Waals surface area (Å²) in [7, 11) is 0. The van der Waals surface area contributed by atoms with Gasteiger partial charge in [-0.15, -0.1) is 0 Å². The first-order chi connectivity index (χ1) is 9.02. The maximum atomic E-state index is 11.0. The van der Waals surface area contributed by atoms with E-state index in [1.165, 1.54) is 18.2 Å². The Morgan fingerprint density at radius 3 is 2.68 bits per heavy atom. The molecule has 0 aromatic heterocycles. The molecule has 0 radical (unpaired) electrons. The highest BCUT2D eigenvalue weighted by Gasteiger charge is 2.22. The number of nitro benzene ring substituents is 1. The molecule has 0 atom stereocenters. The summed E-state index contributed by atoms with van der Waals surface area (Å²) in [5.41, 5.74) is 5.30. The molecule has 0 bridgehead atoms. The number of thiocarbonyl (C=S) groups is 1. The van der Waals surface area contributed by atoms with E-state index in [1.807, 2.05) is 0 Å². The molecule has 0 fully saturated rings. The van der Waals surface area contributed by atoms with Crippen molar-refractivity contribution in [2.75, 3.05) is 6.79 Å². The summed E-state index contributed by atoms with van der Waals surface area (Å²) < 4.78 is 10.2. The number of hydrogen-bond donors (Lipinski definition) is 1. The highest BCUT2D eigenvalue weighted by molar-refractivity contribution is 7.80. The van der Waals surface area contributed by atoms with Gasteiger partial charge in [0.25, 0.3) is 5.69 Å². The van der Waals surface area contributed by atoms with E-state index in [0.717, 1.165) is 0 Å². The lowest BCUT2D eigenvalue weighted by Gasteiger charge is -2.01. The molecule has 0 amide bonds. The fourth-order valence-electron chi connectivity index (χ4n) is 1.53. The second kappa shape index (κ2) is 4.91. The first-order valence-electron chi connectivity index (χ1n) is 5.02. The summed E-state index contributed by atoms with van der Waals surface area (Å²) in [5, 5.41) is 19.9. The van der Waals surface area contributed by atoms with Crippen molar-refractivity contribution in [3.8, 4) is 17.6 Å². The normalized spacial score (nSPS) is 12.9. The van der Waals surface area contributed by atoms with Gasteiger partial charge in [-0.1, -0.05) is 12.2 Å². The highest BCUT2D eigenvalue weighted by atomic mass is 32.1. The van der Waals surface area contributed by atoms with Gasteiger partial charge in [0, 0.05) is 0 Å². The minimum atomic E-state index is -0.581. The van der Waals surface area contributed by atoms with Crippen LogP contribution in [0.15, 0.2) is 17.7 Å². The third kappa shape index (κ3) is 2.46. The lowest BCUT2D eigenvalue weighted by atomic mass is 10.1. The Balaban J connectivity index is 2.59. The van der Waals surface area contributed by atoms with Crippen LogP contribution in [-0.4, -0.2) is 16.7 Å². The van der Waals surface area contributed by atoms with E-state index in [2.05, 4.69) is 12.2 Å². The van der Waals surface area contributed by atoms with E-state index in [1.54, 1.807) is 6.07 Å². The molecule has 0 spiro atoms. The predicted octanol–water partition coefficient (Wildman–Crippen LogP) is 1.52.